The smallest absolute Gasteiger partial charge is 0.150 e. The van der Waals surface area contributed by atoms with Crippen molar-refractivity contribution in [3.63, 3.8) is 0 Å². The molecule has 2 aliphatic rings. The van der Waals surface area contributed by atoms with Crippen molar-refractivity contribution in [2.75, 3.05) is 21.2 Å². The molecule has 0 amide bonds. The molecule has 0 spiro atoms. The Bertz CT molecular complexity index is 458. The lowest BCUT2D eigenvalue weighted by Crippen LogP contribution is -2.38. The van der Waals surface area contributed by atoms with E-state index in [4.69, 9.17) is 9.57 Å². The summed E-state index contributed by atoms with van der Waals surface area (Å²) in [7, 11) is 6.10. The van der Waals surface area contributed by atoms with E-state index < -0.39 is 0 Å². The van der Waals surface area contributed by atoms with E-state index in [1.165, 1.54) is 31.2 Å². The van der Waals surface area contributed by atoms with Gasteiger partial charge in [-0.3, -0.25) is 0 Å². The Morgan fingerprint density at radius 3 is 2.79 bits per heavy atom. The van der Waals surface area contributed by atoms with Crippen molar-refractivity contribution < 1.29 is 14.2 Å². The highest BCUT2D eigenvalue weighted by molar-refractivity contribution is 5.30. The summed E-state index contributed by atoms with van der Waals surface area (Å²) < 4.78 is 6.01. The molecule has 0 bridgehead atoms. The zero-order chi connectivity index (χ0) is 13.5. The molecular weight excluding hydrogens is 238 g/mol. The van der Waals surface area contributed by atoms with Crippen molar-refractivity contribution >= 4 is 0 Å². The lowest BCUT2D eigenvalue weighted by atomic mass is 9.79. The molecule has 3 atom stereocenters. The molecule has 2 fully saturated rings. The van der Waals surface area contributed by atoms with Crippen LogP contribution >= 0.6 is 0 Å². The fraction of sp³-hybridized carbons (Fsp3) is 0.625. The molecular formula is C16H24NO2+. The Labute approximate surface area is 115 Å². The maximum absolute atomic E-state index is 6.29. The van der Waals surface area contributed by atoms with E-state index in [-0.39, 0.29) is 0 Å². The highest BCUT2D eigenvalue weighted by atomic mass is 16.7. The van der Waals surface area contributed by atoms with Crippen LogP contribution in [0.5, 0.6) is 5.75 Å². The quantitative estimate of drug-likeness (QED) is 0.761. The van der Waals surface area contributed by atoms with Gasteiger partial charge in [-0.05, 0) is 25.0 Å². The average molecular weight is 262 g/mol. The van der Waals surface area contributed by atoms with Crippen molar-refractivity contribution in [1.82, 2.24) is 0 Å². The summed E-state index contributed by atoms with van der Waals surface area (Å²) in [5.41, 5.74) is 1.35. The first-order chi connectivity index (χ1) is 9.12. The standard InChI is InChI=1S/C16H24NO2/c1-17(2)16(12-7-6-8-13(11-12)18-3)14-9-4-5-10-15(14)19-17/h6-8,11,14-16H,4-5,9-10H2,1-3H3/q+1. The van der Waals surface area contributed by atoms with Gasteiger partial charge in [0.05, 0.1) is 27.1 Å². The van der Waals surface area contributed by atoms with Crippen molar-refractivity contribution in [2.24, 2.45) is 5.92 Å². The maximum atomic E-state index is 6.29. The third-order valence-electron chi connectivity index (χ3n) is 4.67. The van der Waals surface area contributed by atoms with Crippen LogP contribution in [0.25, 0.3) is 0 Å². The Hall–Kier alpha value is -1.06. The van der Waals surface area contributed by atoms with Crippen LogP contribution in [0, 0.1) is 5.92 Å². The summed E-state index contributed by atoms with van der Waals surface area (Å²) in [5, 5.41) is 0. The number of hydrogen-bond donors (Lipinski definition) is 0. The second kappa shape index (κ2) is 4.80. The summed E-state index contributed by atoms with van der Waals surface area (Å²) in [6, 6.07) is 8.92. The van der Waals surface area contributed by atoms with Crippen LogP contribution in [-0.4, -0.2) is 32.0 Å². The minimum Gasteiger partial charge on any atom is -0.497 e. The number of ether oxygens (including phenoxy) is 1. The van der Waals surface area contributed by atoms with Crippen molar-refractivity contribution in [2.45, 2.75) is 37.8 Å². The first kappa shape index (κ1) is 12.9. The lowest BCUT2D eigenvalue weighted by molar-refractivity contribution is -1.09. The fourth-order valence-corrected chi connectivity index (χ4v) is 3.92. The Balaban J connectivity index is 1.96. The molecule has 3 nitrogen and oxygen atoms in total. The first-order valence-electron chi connectivity index (χ1n) is 7.28. The highest BCUT2D eigenvalue weighted by Crippen LogP contribution is 2.49. The minimum atomic E-state index is 0.431. The van der Waals surface area contributed by atoms with Crippen LogP contribution < -0.4 is 4.74 Å². The number of nitrogens with zero attached hydrogens (tertiary/aromatic N) is 1. The van der Waals surface area contributed by atoms with Gasteiger partial charge in [0.25, 0.3) is 0 Å². The number of benzene rings is 1. The van der Waals surface area contributed by atoms with Gasteiger partial charge in [-0.15, -0.1) is 0 Å². The molecule has 1 aromatic rings. The molecule has 1 aliphatic carbocycles. The second-order valence-corrected chi connectivity index (χ2v) is 6.25. The minimum absolute atomic E-state index is 0.431. The molecule has 1 aliphatic heterocycles. The molecule has 1 aromatic carbocycles. The number of hydroxylamine groups is 3. The third kappa shape index (κ3) is 2.26. The van der Waals surface area contributed by atoms with Gasteiger partial charge in [-0.25, -0.2) is 0 Å². The fourth-order valence-electron chi connectivity index (χ4n) is 3.92. The number of fused-ring (bicyclic) bond motifs is 1. The monoisotopic (exact) mass is 262 g/mol. The normalized spacial score (nSPS) is 32.9. The van der Waals surface area contributed by atoms with Gasteiger partial charge in [0.15, 0.2) is 0 Å². The van der Waals surface area contributed by atoms with E-state index in [1.54, 1.807) is 7.11 Å². The zero-order valence-corrected chi connectivity index (χ0v) is 12.1. The van der Waals surface area contributed by atoms with E-state index in [0.717, 1.165) is 5.75 Å². The van der Waals surface area contributed by atoms with E-state index in [1.807, 2.05) is 6.07 Å². The Morgan fingerprint density at radius 2 is 2.00 bits per heavy atom. The van der Waals surface area contributed by atoms with E-state index in [9.17, 15) is 0 Å². The van der Waals surface area contributed by atoms with Gasteiger partial charge < -0.3 is 4.74 Å². The first-order valence-corrected chi connectivity index (χ1v) is 7.28. The van der Waals surface area contributed by atoms with Crippen LogP contribution in [0.1, 0.15) is 37.3 Å². The molecule has 3 unspecified atom stereocenters. The summed E-state index contributed by atoms with van der Waals surface area (Å²) in [6.45, 7) is 0. The maximum Gasteiger partial charge on any atom is 0.150 e. The summed E-state index contributed by atoms with van der Waals surface area (Å²) in [5.74, 6) is 1.59. The molecule has 0 N–H and O–H groups in total. The summed E-state index contributed by atoms with van der Waals surface area (Å²) in [4.78, 5) is 6.29. The molecule has 1 heterocycles. The third-order valence-corrected chi connectivity index (χ3v) is 4.67. The zero-order valence-electron chi connectivity index (χ0n) is 12.1. The van der Waals surface area contributed by atoms with E-state index >= 15 is 0 Å². The van der Waals surface area contributed by atoms with Gasteiger partial charge in [-0.1, -0.05) is 25.0 Å². The van der Waals surface area contributed by atoms with Crippen LogP contribution in [0.15, 0.2) is 24.3 Å². The van der Waals surface area contributed by atoms with Crippen LogP contribution in [0.2, 0.25) is 0 Å². The average Bonchev–Trinajstić information content (AvgIpc) is 2.68. The number of hydrogen-bond acceptors (Lipinski definition) is 2. The van der Waals surface area contributed by atoms with Crippen molar-refractivity contribution in [3.8, 4) is 5.75 Å². The molecule has 0 radical (unpaired) electrons. The molecule has 3 rings (SSSR count). The second-order valence-electron chi connectivity index (χ2n) is 6.25. The van der Waals surface area contributed by atoms with Crippen LogP contribution in [0.3, 0.4) is 0 Å². The lowest BCUT2D eigenvalue weighted by Gasteiger charge is -2.30. The predicted molar refractivity (Wildman–Crippen MR) is 74.7 cm³/mol. The van der Waals surface area contributed by atoms with Gasteiger partial charge in [-0.2, -0.15) is 9.48 Å². The topological polar surface area (TPSA) is 18.5 Å². The summed E-state index contributed by atoms with van der Waals surface area (Å²) in [6.07, 6.45) is 5.58. The van der Waals surface area contributed by atoms with Crippen LogP contribution in [-0.2, 0) is 4.84 Å². The molecule has 104 valence electrons. The summed E-state index contributed by atoms with van der Waals surface area (Å²) >= 11 is 0. The number of quaternary nitrogens is 1. The van der Waals surface area contributed by atoms with Crippen molar-refractivity contribution in [1.29, 1.82) is 0 Å². The van der Waals surface area contributed by atoms with E-state index in [0.29, 0.717) is 22.7 Å². The van der Waals surface area contributed by atoms with Gasteiger partial charge in [0, 0.05) is 5.56 Å². The highest BCUT2D eigenvalue weighted by Gasteiger charge is 2.52. The van der Waals surface area contributed by atoms with Crippen molar-refractivity contribution in [3.05, 3.63) is 29.8 Å². The van der Waals surface area contributed by atoms with Gasteiger partial charge in [0.1, 0.15) is 17.9 Å². The van der Waals surface area contributed by atoms with Crippen LogP contribution in [0.4, 0.5) is 0 Å². The SMILES string of the molecule is COc1cccc(C2C3CCCCC3O[N+]2(C)C)c1. The Kier molecular flexibility index (Phi) is 3.27. The van der Waals surface area contributed by atoms with E-state index in [2.05, 4.69) is 32.3 Å². The Morgan fingerprint density at radius 1 is 1.21 bits per heavy atom. The van der Waals surface area contributed by atoms with Gasteiger partial charge in [0.2, 0.25) is 0 Å². The predicted octanol–water partition coefficient (Wildman–Crippen LogP) is 3.32. The van der Waals surface area contributed by atoms with Gasteiger partial charge >= 0.3 is 0 Å². The molecule has 3 heteroatoms. The molecule has 19 heavy (non-hydrogen) atoms. The molecule has 0 aromatic heterocycles. The largest absolute Gasteiger partial charge is 0.497 e. The number of methoxy groups -OCH3 is 1. The molecule has 1 saturated carbocycles. The molecule has 1 saturated heterocycles. The number of rotatable bonds is 2.